The van der Waals surface area contributed by atoms with Gasteiger partial charge in [0.05, 0.1) is 15.9 Å². The number of fused-ring (bicyclic) bond motifs is 1. The highest BCUT2D eigenvalue weighted by atomic mass is 32.1. The lowest BCUT2D eigenvalue weighted by Crippen LogP contribution is -2.13. The summed E-state index contributed by atoms with van der Waals surface area (Å²) in [7, 11) is 0. The number of carbonyl (C=O) groups is 1. The summed E-state index contributed by atoms with van der Waals surface area (Å²) in [6.45, 7) is 5.81. The van der Waals surface area contributed by atoms with Crippen molar-refractivity contribution >= 4 is 32.6 Å². The Morgan fingerprint density at radius 2 is 1.77 bits per heavy atom. The molecule has 0 aliphatic rings. The van der Waals surface area contributed by atoms with Gasteiger partial charge in [-0.05, 0) is 38.5 Å². The Bertz CT molecular complexity index is 1110. The highest BCUT2D eigenvalue weighted by Crippen LogP contribution is 2.30. The molecule has 0 aliphatic carbocycles. The van der Waals surface area contributed by atoms with Crippen molar-refractivity contribution in [2.45, 2.75) is 20.8 Å². The van der Waals surface area contributed by atoms with Gasteiger partial charge in [0, 0.05) is 5.56 Å². The van der Waals surface area contributed by atoms with Gasteiger partial charge in [0.1, 0.15) is 5.56 Å². The van der Waals surface area contributed by atoms with Crippen LogP contribution in [0.3, 0.4) is 0 Å². The van der Waals surface area contributed by atoms with Gasteiger partial charge >= 0.3 is 0 Å². The molecule has 0 bridgehead atoms. The molecule has 0 aliphatic heterocycles. The molecule has 130 valence electrons. The van der Waals surface area contributed by atoms with Crippen molar-refractivity contribution in [3.8, 4) is 11.3 Å². The fraction of sp³-hybridized carbons (Fsp3) is 0.150. The maximum absolute atomic E-state index is 12.9. The Labute approximate surface area is 154 Å². The van der Waals surface area contributed by atoms with Crippen molar-refractivity contribution < 1.29 is 9.32 Å². The second kappa shape index (κ2) is 6.38. The van der Waals surface area contributed by atoms with Crippen molar-refractivity contribution in [2.75, 3.05) is 5.32 Å². The first-order valence-electron chi connectivity index (χ1n) is 8.23. The second-order valence-corrected chi connectivity index (χ2v) is 7.31. The minimum Gasteiger partial charge on any atom is -0.355 e. The summed E-state index contributed by atoms with van der Waals surface area (Å²) in [6.07, 6.45) is 0. The molecule has 2 aromatic carbocycles. The molecule has 0 saturated heterocycles. The lowest BCUT2D eigenvalue weighted by atomic mass is 10.1. The van der Waals surface area contributed by atoms with E-state index in [0.29, 0.717) is 22.1 Å². The van der Waals surface area contributed by atoms with E-state index in [-0.39, 0.29) is 5.91 Å². The average Bonchev–Trinajstić information content (AvgIpc) is 3.18. The third-order valence-electron chi connectivity index (χ3n) is 4.17. The number of carbonyl (C=O) groups excluding carboxylic acids is 1. The number of hydrogen-bond donors (Lipinski definition) is 1. The van der Waals surface area contributed by atoms with Crippen LogP contribution in [-0.2, 0) is 0 Å². The van der Waals surface area contributed by atoms with E-state index in [1.54, 1.807) is 6.92 Å². The van der Waals surface area contributed by atoms with Crippen LogP contribution in [-0.4, -0.2) is 16.0 Å². The summed E-state index contributed by atoms with van der Waals surface area (Å²) in [5, 5.41) is 7.42. The van der Waals surface area contributed by atoms with E-state index in [2.05, 4.69) is 21.5 Å². The first-order chi connectivity index (χ1) is 12.5. The smallest absolute Gasteiger partial charge is 0.263 e. The minimum atomic E-state index is -0.268. The molecule has 0 radical (unpaired) electrons. The molecule has 1 N–H and O–H groups in total. The summed E-state index contributed by atoms with van der Waals surface area (Å²) >= 11 is 1.45. The number of rotatable bonds is 3. The number of thiazole rings is 1. The van der Waals surface area contributed by atoms with Crippen LogP contribution in [0.15, 0.2) is 47.0 Å². The van der Waals surface area contributed by atoms with Crippen molar-refractivity contribution in [2.24, 2.45) is 0 Å². The van der Waals surface area contributed by atoms with Crippen LogP contribution in [0.25, 0.3) is 21.5 Å². The van der Waals surface area contributed by atoms with Crippen LogP contribution in [0.4, 0.5) is 5.13 Å². The van der Waals surface area contributed by atoms with Gasteiger partial charge in [-0.3, -0.25) is 10.1 Å². The number of nitrogens with zero attached hydrogens (tertiary/aromatic N) is 2. The average molecular weight is 363 g/mol. The fourth-order valence-corrected chi connectivity index (χ4v) is 3.74. The quantitative estimate of drug-likeness (QED) is 0.548. The van der Waals surface area contributed by atoms with Crippen molar-refractivity contribution in [1.29, 1.82) is 0 Å². The lowest BCUT2D eigenvalue weighted by molar-refractivity contribution is 0.102. The zero-order chi connectivity index (χ0) is 18.3. The van der Waals surface area contributed by atoms with Gasteiger partial charge < -0.3 is 4.52 Å². The van der Waals surface area contributed by atoms with Gasteiger partial charge in [-0.25, -0.2) is 4.98 Å². The third-order valence-corrected chi connectivity index (χ3v) is 5.10. The number of aromatic nitrogens is 2. The molecule has 26 heavy (non-hydrogen) atoms. The van der Waals surface area contributed by atoms with E-state index in [1.807, 2.05) is 50.2 Å². The van der Waals surface area contributed by atoms with E-state index in [1.165, 1.54) is 11.3 Å². The minimum absolute atomic E-state index is 0.268. The van der Waals surface area contributed by atoms with Gasteiger partial charge in [-0.15, -0.1) is 0 Å². The Hall–Kier alpha value is -2.99. The lowest BCUT2D eigenvalue weighted by Gasteiger charge is -2.03. The molecule has 0 fully saturated rings. The summed E-state index contributed by atoms with van der Waals surface area (Å²) < 4.78 is 6.47. The molecule has 4 aromatic rings. The standard InChI is InChI=1S/C20H17N3O2S/c1-11-4-7-14(8-5-11)18-17(13(3)23-25-18)19(24)22-20-21-15-9-6-12(2)10-16(15)26-20/h4-10H,1-3H3,(H,21,22,24). The van der Waals surface area contributed by atoms with Crippen LogP contribution >= 0.6 is 11.3 Å². The predicted octanol–water partition coefficient (Wildman–Crippen LogP) is 5.13. The monoisotopic (exact) mass is 363 g/mol. The maximum atomic E-state index is 12.9. The van der Waals surface area contributed by atoms with Crippen molar-refractivity contribution in [3.05, 3.63) is 64.8 Å². The predicted molar refractivity (Wildman–Crippen MR) is 104 cm³/mol. The van der Waals surface area contributed by atoms with Gasteiger partial charge in [0.2, 0.25) is 0 Å². The summed E-state index contributed by atoms with van der Waals surface area (Å²) in [5.74, 6) is 0.201. The number of benzene rings is 2. The van der Waals surface area contributed by atoms with Crippen LogP contribution < -0.4 is 5.32 Å². The highest BCUT2D eigenvalue weighted by Gasteiger charge is 2.22. The Morgan fingerprint density at radius 1 is 1.04 bits per heavy atom. The van der Waals surface area contributed by atoms with E-state index >= 15 is 0 Å². The summed E-state index contributed by atoms with van der Waals surface area (Å²) in [4.78, 5) is 17.3. The largest absolute Gasteiger partial charge is 0.355 e. The van der Waals surface area contributed by atoms with E-state index in [0.717, 1.165) is 26.9 Å². The number of aryl methyl sites for hydroxylation is 3. The highest BCUT2D eigenvalue weighted by molar-refractivity contribution is 7.22. The van der Waals surface area contributed by atoms with Gasteiger partial charge in [0.25, 0.3) is 5.91 Å². The third kappa shape index (κ3) is 2.99. The van der Waals surface area contributed by atoms with Gasteiger partial charge in [-0.2, -0.15) is 0 Å². The SMILES string of the molecule is Cc1ccc(-c2onc(C)c2C(=O)Nc2nc3ccc(C)cc3s2)cc1. The molecule has 2 aromatic heterocycles. The first kappa shape index (κ1) is 16.5. The topological polar surface area (TPSA) is 68.0 Å². The molecular formula is C20H17N3O2S. The summed E-state index contributed by atoms with van der Waals surface area (Å²) in [6, 6.07) is 13.8. The summed E-state index contributed by atoms with van der Waals surface area (Å²) in [5.41, 5.74) is 4.98. The molecule has 1 amide bonds. The number of hydrogen-bond acceptors (Lipinski definition) is 5. The van der Waals surface area contributed by atoms with Crippen LogP contribution in [0.2, 0.25) is 0 Å². The normalized spacial score (nSPS) is 11.0. The van der Waals surface area contributed by atoms with Gasteiger partial charge in [-0.1, -0.05) is 52.4 Å². The fourth-order valence-electron chi connectivity index (χ4n) is 2.78. The molecule has 0 saturated carbocycles. The zero-order valence-corrected chi connectivity index (χ0v) is 15.5. The van der Waals surface area contributed by atoms with Crippen LogP contribution in [0.5, 0.6) is 0 Å². The van der Waals surface area contributed by atoms with Crippen LogP contribution in [0, 0.1) is 20.8 Å². The van der Waals surface area contributed by atoms with Crippen LogP contribution in [0.1, 0.15) is 27.2 Å². The molecule has 5 nitrogen and oxygen atoms in total. The van der Waals surface area contributed by atoms with E-state index in [9.17, 15) is 4.79 Å². The molecular weight excluding hydrogens is 346 g/mol. The van der Waals surface area contributed by atoms with Crippen molar-refractivity contribution in [3.63, 3.8) is 0 Å². The zero-order valence-electron chi connectivity index (χ0n) is 14.7. The van der Waals surface area contributed by atoms with E-state index < -0.39 is 0 Å². The van der Waals surface area contributed by atoms with Crippen molar-refractivity contribution in [1.82, 2.24) is 10.1 Å². The Balaban J connectivity index is 1.67. The van der Waals surface area contributed by atoms with Gasteiger partial charge in [0.15, 0.2) is 10.9 Å². The van der Waals surface area contributed by atoms with E-state index in [4.69, 9.17) is 4.52 Å². The first-order valence-corrected chi connectivity index (χ1v) is 9.05. The maximum Gasteiger partial charge on any atom is 0.263 e. The molecule has 2 heterocycles. The Morgan fingerprint density at radius 3 is 2.54 bits per heavy atom. The second-order valence-electron chi connectivity index (χ2n) is 6.28. The number of amides is 1. The molecule has 6 heteroatoms. The number of anilines is 1. The molecule has 0 unspecified atom stereocenters. The molecule has 0 spiro atoms. The molecule has 0 atom stereocenters. The Kier molecular flexibility index (Phi) is 4.05. The molecule has 4 rings (SSSR count). The number of nitrogens with one attached hydrogen (secondary N) is 1.